The van der Waals surface area contributed by atoms with Crippen LogP contribution < -0.4 is 5.32 Å². The molecule has 1 unspecified atom stereocenters. The normalized spacial score (nSPS) is 13.7. The lowest BCUT2D eigenvalue weighted by molar-refractivity contribution is 0.117. The maximum absolute atomic E-state index is 5.51. The van der Waals surface area contributed by atoms with Gasteiger partial charge in [0.25, 0.3) is 0 Å². The van der Waals surface area contributed by atoms with E-state index in [1.807, 2.05) is 0 Å². The molecule has 0 aromatic heterocycles. The van der Waals surface area contributed by atoms with Gasteiger partial charge in [0.15, 0.2) is 0 Å². The van der Waals surface area contributed by atoms with E-state index < -0.39 is 0 Å². The van der Waals surface area contributed by atoms with Gasteiger partial charge in [0.2, 0.25) is 0 Å². The first-order valence-electron chi connectivity index (χ1n) is 6.13. The highest BCUT2D eigenvalue weighted by molar-refractivity contribution is 4.61. The number of nitrogens with one attached hydrogen (secondary N) is 1. The molecule has 0 rings (SSSR count). The van der Waals surface area contributed by atoms with E-state index >= 15 is 0 Å². The quantitative estimate of drug-likeness (QED) is 0.554. The molecule has 4 nitrogen and oxygen atoms in total. The zero-order chi connectivity index (χ0) is 12.4. The van der Waals surface area contributed by atoms with E-state index in [0.717, 1.165) is 32.8 Å². The van der Waals surface area contributed by atoms with Gasteiger partial charge in [-0.15, -0.1) is 0 Å². The van der Waals surface area contributed by atoms with Crippen molar-refractivity contribution in [1.82, 2.24) is 15.1 Å². The fourth-order valence-electron chi connectivity index (χ4n) is 1.28. The minimum atomic E-state index is 0.569. The Bertz CT molecular complexity index is 151. The van der Waals surface area contributed by atoms with E-state index in [2.05, 4.69) is 50.2 Å². The minimum Gasteiger partial charge on any atom is -0.379 e. The van der Waals surface area contributed by atoms with Gasteiger partial charge >= 0.3 is 0 Å². The SMILES string of the molecule is CC(CCN(C)C)NCCOCCN(C)C. The molecule has 1 atom stereocenters. The van der Waals surface area contributed by atoms with Gasteiger partial charge < -0.3 is 19.9 Å². The Balaban J connectivity index is 3.18. The average molecular weight is 231 g/mol. The highest BCUT2D eigenvalue weighted by Gasteiger charge is 2.01. The van der Waals surface area contributed by atoms with Crippen molar-refractivity contribution in [3.63, 3.8) is 0 Å². The summed E-state index contributed by atoms with van der Waals surface area (Å²) in [6.45, 7) is 6.93. The number of likely N-dealkylation sites (N-methyl/N-ethyl adjacent to an activating group) is 1. The molecule has 0 radical (unpaired) electrons. The number of hydrogen-bond donors (Lipinski definition) is 1. The van der Waals surface area contributed by atoms with Gasteiger partial charge in [-0.3, -0.25) is 0 Å². The molecule has 4 heteroatoms. The van der Waals surface area contributed by atoms with Crippen LogP contribution in [0.2, 0.25) is 0 Å². The van der Waals surface area contributed by atoms with E-state index in [1.54, 1.807) is 0 Å². The van der Waals surface area contributed by atoms with Crippen LogP contribution in [0.1, 0.15) is 13.3 Å². The second-order valence-electron chi connectivity index (χ2n) is 4.86. The lowest BCUT2D eigenvalue weighted by atomic mass is 10.2. The summed E-state index contributed by atoms with van der Waals surface area (Å²) in [5.41, 5.74) is 0. The smallest absolute Gasteiger partial charge is 0.0593 e. The third-order valence-corrected chi connectivity index (χ3v) is 2.43. The number of hydrogen-bond acceptors (Lipinski definition) is 4. The molecule has 0 heterocycles. The molecule has 0 aromatic rings. The Morgan fingerprint density at radius 2 is 1.62 bits per heavy atom. The zero-order valence-corrected chi connectivity index (χ0v) is 11.6. The molecule has 0 bridgehead atoms. The van der Waals surface area contributed by atoms with E-state index in [9.17, 15) is 0 Å². The summed E-state index contributed by atoms with van der Waals surface area (Å²) in [7, 11) is 8.34. The first-order chi connectivity index (χ1) is 7.52. The Morgan fingerprint density at radius 1 is 1.00 bits per heavy atom. The first-order valence-corrected chi connectivity index (χ1v) is 6.13. The summed E-state index contributed by atoms with van der Waals surface area (Å²) in [5, 5.41) is 3.46. The highest BCUT2D eigenvalue weighted by Crippen LogP contribution is 1.91. The van der Waals surface area contributed by atoms with Gasteiger partial charge in [0.05, 0.1) is 13.2 Å². The van der Waals surface area contributed by atoms with Crippen molar-refractivity contribution < 1.29 is 4.74 Å². The summed E-state index contributed by atoms with van der Waals surface area (Å²) in [5.74, 6) is 0. The summed E-state index contributed by atoms with van der Waals surface area (Å²) in [6, 6.07) is 0.569. The lowest BCUT2D eigenvalue weighted by Gasteiger charge is -2.17. The van der Waals surface area contributed by atoms with E-state index in [1.165, 1.54) is 6.42 Å². The van der Waals surface area contributed by atoms with Gasteiger partial charge in [-0.2, -0.15) is 0 Å². The largest absolute Gasteiger partial charge is 0.379 e. The average Bonchev–Trinajstić information content (AvgIpc) is 2.19. The number of ether oxygens (including phenoxy) is 1. The molecule has 0 aliphatic carbocycles. The van der Waals surface area contributed by atoms with Crippen molar-refractivity contribution in [2.45, 2.75) is 19.4 Å². The maximum Gasteiger partial charge on any atom is 0.0593 e. The van der Waals surface area contributed by atoms with Gasteiger partial charge in [0, 0.05) is 19.1 Å². The molecule has 98 valence electrons. The number of nitrogens with zero attached hydrogens (tertiary/aromatic N) is 2. The minimum absolute atomic E-state index is 0.569. The van der Waals surface area contributed by atoms with Gasteiger partial charge in [-0.05, 0) is 48.1 Å². The van der Waals surface area contributed by atoms with Crippen molar-refractivity contribution in [3.05, 3.63) is 0 Å². The maximum atomic E-state index is 5.51. The molecule has 0 fully saturated rings. The molecular weight excluding hydrogens is 202 g/mol. The van der Waals surface area contributed by atoms with Crippen LogP contribution in [-0.4, -0.2) is 76.9 Å². The Kier molecular flexibility index (Phi) is 9.92. The van der Waals surface area contributed by atoms with Crippen LogP contribution >= 0.6 is 0 Å². The number of rotatable bonds is 10. The van der Waals surface area contributed by atoms with Crippen LogP contribution in [0.15, 0.2) is 0 Å². The first kappa shape index (κ1) is 15.8. The third kappa shape index (κ3) is 11.9. The van der Waals surface area contributed by atoms with Gasteiger partial charge in [-0.25, -0.2) is 0 Å². The Morgan fingerprint density at radius 3 is 2.19 bits per heavy atom. The molecule has 0 saturated heterocycles. The monoisotopic (exact) mass is 231 g/mol. The highest BCUT2D eigenvalue weighted by atomic mass is 16.5. The van der Waals surface area contributed by atoms with Gasteiger partial charge in [0.1, 0.15) is 0 Å². The van der Waals surface area contributed by atoms with Crippen LogP contribution in [-0.2, 0) is 4.74 Å². The summed E-state index contributed by atoms with van der Waals surface area (Å²) >= 11 is 0. The molecule has 0 spiro atoms. The van der Waals surface area contributed by atoms with E-state index in [0.29, 0.717) is 6.04 Å². The van der Waals surface area contributed by atoms with Crippen molar-refractivity contribution in [2.24, 2.45) is 0 Å². The third-order valence-electron chi connectivity index (χ3n) is 2.43. The van der Waals surface area contributed by atoms with Crippen molar-refractivity contribution in [1.29, 1.82) is 0 Å². The second kappa shape index (κ2) is 10.0. The van der Waals surface area contributed by atoms with Crippen molar-refractivity contribution in [3.8, 4) is 0 Å². The zero-order valence-electron chi connectivity index (χ0n) is 11.6. The van der Waals surface area contributed by atoms with Crippen LogP contribution in [0.25, 0.3) is 0 Å². The summed E-state index contributed by atoms with van der Waals surface area (Å²) in [6.07, 6.45) is 1.19. The van der Waals surface area contributed by atoms with Crippen LogP contribution in [0.4, 0.5) is 0 Å². The van der Waals surface area contributed by atoms with Crippen LogP contribution in [0, 0.1) is 0 Å². The molecule has 0 aliphatic rings. The molecule has 0 aromatic carbocycles. The molecule has 0 aliphatic heterocycles. The van der Waals surface area contributed by atoms with Crippen LogP contribution in [0.5, 0.6) is 0 Å². The fraction of sp³-hybridized carbons (Fsp3) is 1.00. The molecule has 0 saturated carbocycles. The Labute approximate surface area is 101 Å². The summed E-state index contributed by atoms with van der Waals surface area (Å²) < 4.78 is 5.51. The topological polar surface area (TPSA) is 27.7 Å². The molecule has 0 amide bonds. The Hall–Kier alpha value is -0.160. The van der Waals surface area contributed by atoms with E-state index in [4.69, 9.17) is 4.74 Å². The van der Waals surface area contributed by atoms with Crippen molar-refractivity contribution in [2.75, 3.05) is 61.0 Å². The standard InChI is InChI=1S/C12H29N3O/c1-12(6-8-14(2)3)13-7-10-16-11-9-15(4)5/h12-13H,6-11H2,1-5H3. The van der Waals surface area contributed by atoms with Gasteiger partial charge in [-0.1, -0.05) is 0 Å². The lowest BCUT2D eigenvalue weighted by Crippen LogP contribution is -2.32. The second-order valence-corrected chi connectivity index (χ2v) is 4.86. The molecule has 16 heavy (non-hydrogen) atoms. The predicted molar refractivity (Wildman–Crippen MR) is 70.0 cm³/mol. The van der Waals surface area contributed by atoms with Crippen LogP contribution in [0.3, 0.4) is 0 Å². The predicted octanol–water partition coefficient (Wildman–Crippen LogP) is 0.494. The molecular formula is C12H29N3O. The summed E-state index contributed by atoms with van der Waals surface area (Å²) in [4.78, 5) is 4.35. The van der Waals surface area contributed by atoms with E-state index in [-0.39, 0.29) is 0 Å². The fourth-order valence-corrected chi connectivity index (χ4v) is 1.28. The van der Waals surface area contributed by atoms with Crippen molar-refractivity contribution >= 4 is 0 Å². The molecule has 1 N–H and O–H groups in total.